The van der Waals surface area contributed by atoms with Crippen LogP contribution in [-0.2, 0) is 4.84 Å². The Morgan fingerprint density at radius 2 is 2.07 bits per heavy atom. The van der Waals surface area contributed by atoms with Gasteiger partial charge in [-0.15, -0.1) is 0 Å². The molecule has 0 aliphatic heterocycles. The average Bonchev–Trinajstić information content (AvgIpc) is 2.27. The number of nitro groups is 1. The lowest BCUT2D eigenvalue weighted by Gasteiger charge is -1.97. The predicted molar refractivity (Wildman–Crippen MR) is 48.2 cm³/mol. The molecule has 0 atom stereocenters. The molecule has 0 amide bonds. The third-order valence-electron chi connectivity index (χ3n) is 1.64. The highest BCUT2D eigenvalue weighted by Crippen LogP contribution is 2.30. The topological polar surface area (TPSA) is 108 Å². The number of nitro benzene ring substituents is 1. The number of benzene rings is 1. The van der Waals surface area contributed by atoms with Gasteiger partial charge in [0.25, 0.3) is 10.6 Å². The summed E-state index contributed by atoms with van der Waals surface area (Å²) in [7, 11) is 1.12. The summed E-state index contributed by atoms with van der Waals surface area (Å²) in [6.45, 7) is 0. The van der Waals surface area contributed by atoms with Crippen molar-refractivity contribution in [3.05, 3.63) is 33.2 Å². The molecule has 8 nitrogen and oxygen atoms in total. The molecule has 0 bridgehead atoms. The van der Waals surface area contributed by atoms with Crippen LogP contribution in [0.1, 0.15) is 0 Å². The van der Waals surface area contributed by atoms with Crippen molar-refractivity contribution in [1.82, 2.24) is 0 Å². The maximum absolute atomic E-state index is 11.1. The Kier molecular flexibility index (Phi) is 3.13. The highest BCUT2D eigenvalue weighted by molar-refractivity contribution is 5.52. The van der Waals surface area contributed by atoms with Gasteiger partial charge in [-0.3, -0.25) is 10.1 Å². The van der Waals surface area contributed by atoms with E-state index in [1.54, 1.807) is 0 Å². The maximum atomic E-state index is 11.1. The standard InChI is InChI=1S/C7H8N3O5/c1-14-10(13)6-4-5(9(11)12)2-3-7(6)15-8/h2-4H,8H2,1H3/q+1. The number of hydrogen-bond donors (Lipinski definition) is 1. The fraction of sp³-hybridized carbons (Fsp3) is 0.143. The minimum Gasteiger partial charge on any atom is -0.404 e. The van der Waals surface area contributed by atoms with Crippen LogP contribution in [0, 0.1) is 15.0 Å². The Morgan fingerprint density at radius 1 is 1.40 bits per heavy atom. The third kappa shape index (κ3) is 2.17. The van der Waals surface area contributed by atoms with Gasteiger partial charge >= 0.3 is 5.69 Å². The van der Waals surface area contributed by atoms with E-state index in [1.165, 1.54) is 6.07 Å². The van der Waals surface area contributed by atoms with Gasteiger partial charge in [-0.1, -0.05) is 0 Å². The van der Waals surface area contributed by atoms with E-state index in [0.717, 1.165) is 19.2 Å². The molecule has 0 aliphatic carbocycles. The lowest BCUT2D eigenvalue weighted by molar-refractivity contribution is -0.737. The van der Waals surface area contributed by atoms with Crippen LogP contribution in [0.5, 0.6) is 5.75 Å². The summed E-state index contributed by atoms with van der Waals surface area (Å²) < 4.78 is 0. The van der Waals surface area contributed by atoms with Crippen molar-refractivity contribution < 1.29 is 19.5 Å². The van der Waals surface area contributed by atoms with Crippen molar-refractivity contribution in [3.8, 4) is 5.75 Å². The zero-order chi connectivity index (χ0) is 11.4. The summed E-state index contributed by atoms with van der Waals surface area (Å²) in [6, 6.07) is 3.37. The molecular weight excluding hydrogens is 206 g/mol. The minimum atomic E-state index is -0.646. The van der Waals surface area contributed by atoms with Gasteiger partial charge in [-0.25, -0.2) is 4.84 Å². The Hall–Kier alpha value is -2.22. The van der Waals surface area contributed by atoms with E-state index in [4.69, 9.17) is 5.90 Å². The first-order chi connectivity index (χ1) is 7.10. The first-order valence-electron chi connectivity index (χ1n) is 3.76. The van der Waals surface area contributed by atoms with E-state index < -0.39 is 4.92 Å². The molecule has 1 rings (SSSR count). The van der Waals surface area contributed by atoms with Gasteiger partial charge in [0.2, 0.25) is 5.75 Å². The fourth-order valence-electron chi connectivity index (χ4n) is 0.960. The first kappa shape index (κ1) is 10.9. The summed E-state index contributed by atoms with van der Waals surface area (Å²) in [5, 5.41) is 10.4. The van der Waals surface area contributed by atoms with Gasteiger partial charge < -0.3 is 4.84 Å². The average molecular weight is 214 g/mol. The van der Waals surface area contributed by atoms with Crippen LogP contribution < -0.4 is 10.7 Å². The van der Waals surface area contributed by atoms with Crippen LogP contribution in [0.3, 0.4) is 0 Å². The molecule has 0 spiro atoms. The molecule has 1 aromatic carbocycles. The maximum Gasteiger partial charge on any atom is 0.367 e. The number of hydrogen-bond acceptors (Lipinski definition) is 6. The zero-order valence-electron chi connectivity index (χ0n) is 7.75. The summed E-state index contributed by atoms with van der Waals surface area (Å²) in [5.41, 5.74) is -0.432. The van der Waals surface area contributed by atoms with Crippen LogP contribution in [-0.4, -0.2) is 17.0 Å². The highest BCUT2D eigenvalue weighted by atomic mass is 16.8. The normalized spacial score (nSPS) is 9.47. The van der Waals surface area contributed by atoms with E-state index in [9.17, 15) is 15.0 Å². The Labute approximate surface area is 83.8 Å². The molecule has 15 heavy (non-hydrogen) atoms. The molecule has 2 N–H and O–H groups in total. The quantitative estimate of drug-likeness (QED) is 0.587. The van der Waals surface area contributed by atoms with Gasteiger partial charge in [0.15, 0.2) is 7.11 Å². The van der Waals surface area contributed by atoms with Crippen molar-refractivity contribution in [2.75, 3.05) is 7.11 Å². The molecule has 0 heterocycles. The molecule has 0 radical (unpaired) electrons. The Balaban J connectivity index is 3.25. The van der Waals surface area contributed by atoms with Gasteiger partial charge in [0.1, 0.15) is 6.07 Å². The monoisotopic (exact) mass is 214 g/mol. The highest BCUT2D eigenvalue weighted by Gasteiger charge is 2.26. The molecule has 1 aromatic rings. The van der Waals surface area contributed by atoms with Crippen molar-refractivity contribution >= 4 is 11.4 Å². The summed E-state index contributed by atoms with van der Waals surface area (Å²) >= 11 is 0. The van der Waals surface area contributed by atoms with E-state index >= 15 is 0 Å². The smallest absolute Gasteiger partial charge is 0.367 e. The zero-order valence-corrected chi connectivity index (χ0v) is 7.75. The minimum absolute atomic E-state index is 0.0162. The predicted octanol–water partition coefficient (Wildman–Crippen LogP) is 0.819. The molecule has 0 aliphatic rings. The van der Waals surface area contributed by atoms with Crippen LogP contribution in [0.4, 0.5) is 11.4 Å². The molecular formula is C7H8N3O5+. The van der Waals surface area contributed by atoms with Crippen molar-refractivity contribution in [3.63, 3.8) is 0 Å². The van der Waals surface area contributed by atoms with Crippen LogP contribution in [0.15, 0.2) is 18.2 Å². The van der Waals surface area contributed by atoms with Crippen LogP contribution in [0.2, 0.25) is 0 Å². The molecule has 0 unspecified atom stereocenters. The van der Waals surface area contributed by atoms with Crippen molar-refractivity contribution in [1.29, 1.82) is 0 Å². The molecule has 80 valence electrons. The van der Waals surface area contributed by atoms with Gasteiger partial charge in [0, 0.05) is 6.07 Å². The number of nitrogens with zero attached hydrogens (tertiary/aromatic N) is 2. The molecule has 8 heteroatoms. The Bertz CT molecular complexity index is 406. The number of non-ortho nitro benzene ring substituents is 1. The molecule has 0 fully saturated rings. The van der Waals surface area contributed by atoms with E-state index in [0.29, 0.717) is 0 Å². The molecule has 0 saturated heterocycles. The number of rotatable bonds is 4. The van der Waals surface area contributed by atoms with E-state index in [1.807, 2.05) is 0 Å². The van der Waals surface area contributed by atoms with Gasteiger partial charge in [0.05, 0.1) is 9.83 Å². The third-order valence-corrected chi connectivity index (χ3v) is 1.64. The first-order valence-corrected chi connectivity index (χ1v) is 3.76. The summed E-state index contributed by atoms with van der Waals surface area (Å²) in [5.74, 6) is 4.86. The Morgan fingerprint density at radius 3 is 2.53 bits per heavy atom. The van der Waals surface area contributed by atoms with Crippen molar-refractivity contribution in [2.24, 2.45) is 5.90 Å². The largest absolute Gasteiger partial charge is 0.404 e. The van der Waals surface area contributed by atoms with Crippen molar-refractivity contribution in [2.45, 2.75) is 0 Å². The molecule has 0 aromatic heterocycles. The fourth-order valence-corrected chi connectivity index (χ4v) is 0.960. The summed E-state index contributed by atoms with van der Waals surface area (Å²) in [6.07, 6.45) is 0. The second-order valence-electron chi connectivity index (χ2n) is 2.47. The van der Waals surface area contributed by atoms with Crippen LogP contribution in [0.25, 0.3) is 0 Å². The lowest BCUT2D eigenvalue weighted by atomic mass is 10.2. The van der Waals surface area contributed by atoms with E-state index in [2.05, 4.69) is 9.68 Å². The van der Waals surface area contributed by atoms with Gasteiger partial charge in [-0.05, 0) is 6.07 Å². The SMILES string of the molecule is CO[N+](=O)c1cc([N+](=O)[O-])ccc1ON. The summed E-state index contributed by atoms with van der Waals surface area (Å²) in [4.78, 5) is 29.7. The van der Waals surface area contributed by atoms with E-state index in [-0.39, 0.29) is 22.0 Å². The number of nitrogens with two attached hydrogens (primary N) is 1. The molecule has 0 saturated carbocycles. The van der Waals surface area contributed by atoms with Gasteiger partial charge in [-0.2, -0.15) is 5.90 Å². The van der Waals surface area contributed by atoms with Crippen LogP contribution >= 0.6 is 0 Å². The second-order valence-corrected chi connectivity index (χ2v) is 2.47. The lowest BCUT2D eigenvalue weighted by Crippen LogP contribution is -2.07. The second kappa shape index (κ2) is 4.33.